The molecule has 20 heavy (non-hydrogen) atoms. The number of rotatable bonds is 3. The van der Waals surface area contributed by atoms with Crippen LogP contribution in [0.15, 0.2) is 48.8 Å². The van der Waals surface area contributed by atoms with E-state index < -0.39 is 0 Å². The maximum absolute atomic E-state index is 5.64. The van der Waals surface area contributed by atoms with E-state index >= 15 is 0 Å². The third-order valence-corrected chi connectivity index (χ3v) is 4.21. The van der Waals surface area contributed by atoms with Crippen LogP contribution in [0.2, 0.25) is 0 Å². The number of pyridine rings is 1. The van der Waals surface area contributed by atoms with Crippen molar-refractivity contribution >= 4 is 5.69 Å². The standard InChI is InChI=1S/C17H21N3/c18-13-14-1-3-17(4-2-14)20-11-7-16(8-12-20)15-5-9-19-10-6-15/h1-6,9-10,16H,7-8,11-13,18H2. The van der Waals surface area contributed by atoms with Gasteiger partial charge in [0, 0.05) is 37.7 Å². The van der Waals surface area contributed by atoms with Gasteiger partial charge in [-0.2, -0.15) is 0 Å². The second-order valence-corrected chi connectivity index (χ2v) is 5.41. The summed E-state index contributed by atoms with van der Waals surface area (Å²) < 4.78 is 0. The molecular formula is C17H21N3. The lowest BCUT2D eigenvalue weighted by atomic mass is 9.90. The molecule has 3 rings (SSSR count). The van der Waals surface area contributed by atoms with Crippen LogP contribution in [0.5, 0.6) is 0 Å². The van der Waals surface area contributed by atoms with Crippen LogP contribution in [0.1, 0.15) is 29.9 Å². The normalized spacial score (nSPS) is 16.4. The summed E-state index contributed by atoms with van der Waals surface area (Å²) in [6.07, 6.45) is 6.21. The molecule has 1 aromatic carbocycles. The lowest BCUT2D eigenvalue weighted by molar-refractivity contribution is 0.505. The van der Waals surface area contributed by atoms with Crippen LogP contribution in [-0.4, -0.2) is 18.1 Å². The molecule has 1 aromatic heterocycles. The quantitative estimate of drug-likeness (QED) is 0.929. The van der Waals surface area contributed by atoms with E-state index in [0.717, 1.165) is 13.1 Å². The molecule has 0 bridgehead atoms. The highest BCUT2D eigenvalue weighted by molar-refractivity contribution is 5.48. The fourth-order valence-corrected chi connectivity index (χ4v) is 2.95. The number of hydrogen-bond acceptors (Lipinski definition) is 3. The zero-order valence-electron chi connectivity index (χ0n) is 11.7. The van der Waals surface area contributed by atoms with E-state index in [0.29, 0.717) is 12.5 Å². The van der Waals surface area contributed by atoms with Crippen molar-refractivity contribution in [2.75, 3.05) is 18.0 Å². The van der Waals surface area contributed by atoms with Crippen LogP contribution >= 0.6 is 0 Å². The monoisotopic (exact) mass is 267 g/mol. The van der Waals surface area contributed by atoms with Crippen molar-refractivity contribution in [1.29, 1.82) is 0 Å². The van der Waals surface area contributed by atoms with Crippen molar-refractivity contribution in [3.63, 3.8) is 0 Å². The molecule has 1 saturated heterocycles. The Labute approximate surface area is 120 Å². The van der Waals surface area contributed by atoms with Gasteiger partial charge in [0.15, 0.2) is 0 Å². The van der Waals surface area contributed by atoms with E-state index in [-0.39, 0.29) is 0 Å². The predicted molar refractivity (Wildman–Crippen MR) is 82.8 cm³/mol. The van der Waals surface area contributed by atoms with E-state index in [1.165, 1.54) is 29.7 Å². The highest BCUT2D eigenvalue weighted by Crippen LogP contribution is 2.30. The van der Waals surface area contributed by atoms with Gasteiger partial charge in [0.1, 0.15) is 0 Å². The number of nitrogens with zero attached hydrogens (tertiary/aromatic N) is 2. The first kappa shape index (κ1) is 13.1. The Morgan fingerprint density at radius 1 is 1.00 bits per heavy atom. The molecule has 2 aromatic rings. The Bertz CT molecular complexity index is 528. The maximum Gasteiger partial charge on any atom is 0.0366 e. The fraction of sp³-hybridized carbons (Fsp3) is 0.353. The first-order valence-corrected chi connectivity index (χ1v) is 7.30. The lowest BCUT2D eigenvalue weighted by Crippen LogP contribution is -2.32. The number of benzene rings is 1. The molecular weight excluding hydrogens is 246 g/mol. The summed E-state index contributed by atoms with van der Waals surface area (Å²) in [6, 6.07) is 12.9. The Hall–Kier alpha value is -1.87. The number of hydrogen-bond donors (Lipinski definition) is 1. The van der Waals surface area contributed by atoms with Crippen LogP contribution in [0.3, 0.4) is 0 Å². The molecule has 0 spiro atoms. The minimum atomic E-state index is 0.615. The Balaban J connectivity index is 1.63. The molecule has 3 nitrogen and oxygen atoms in total. The summed E-state index contributed by atoms with van der Waals surface area (Å²) in [7, 11) is 0. The molecule has 0 atom stereocenters. The average Bonchev–Trinajstić information content (AvgIpc) is 2.56. The molecule has 0 amide bonds. The molecule has 0 saturated carbocycles. The minimum Gasteiger partial charge on any atom is -0.371 e. The highest BCUT2D eigenvalue weighted by Gasteiger charge is 2.20. The molecule has 2 heterocycles. The zero-order chi connectivity index (χ0) is 13.8. The molecule has 104 valence electrons. The summed E-state index contributed by atoms with van der Waals surface area (Å²) in [5, 5.41) is 0. The van der Waals surface area contributed by atoms with Gasteiger partial charge >= 0.3 is 0 Å². The molecule has 2 N–H and O–H groups in total. The Kier molecular flexibility index (Phi) is 3.97. The largest absolute Gasteiger partial charge is 0.371 e. The Morgan fingerprint density at radius 3 is 2.25 bits per heavy atom. The van der Waals surface area contributed by atoms with Gasteiger partial charge in [-0.15, -0.1) is 0 Å². The highest BCUT2D eigenvalue weighted by atomic mass is 15.1. The van der Waals surface area contributed by atoms with E-state index in [1.807, 2.05) is 12.4 Å². The van der Waals surface area contributed by atoms with Crippen molar-refractivity contribution in [2.45, 2.75) is 25.3 Å². The number of anilines is 1. The first-order chi connectivity index (χ1) is 9.86. The zero-order valence-corrected chi connectivity index (χ0v) is 11.7. The molecule has 1 aliphatic rings. The van der Waals surface area contributed by atoms with Crippen molar-refractivity contribution in [1.82, 2.24) is 4.98 Å². The van der Waals surface area contributed by atoms with Crippen LogP contribution in [-0.2, 0) is 6.54 Å². The maximum atomic E-state index is 5.64. The smallest absolute Gasteiger partial charge is 0.0366 e. The van der Waals surface area contributed by atoms with Gasteiger partial charge in [0.2, 0.25) is 0 Å². The SMILES string of the molecule is NCc1ccc(N2CCC(c3ccncc3)CC2)cc1. The van der Waals surface area contributed by atoms with Gasteiger partial charge in [-0.05, 0) is 54.2 Å². The van der Waals surface area contributed by atoms with Gasteiger partial charge in [-0.1, -0.05) is 12.1 Å². The summed E-state index contributed by atoms with van der Waals surface area (Å²) in [5.41, 5.74) is 9.58. The van der Waals surface area contributed by atoms with E-state index in [2.05, 4.69) is 46.3 Å². The van der Waals surface area contributed by atoms with Crippen molar-refractivity contribution in [3.05, 3.63) is 59.9 Å². The van der Waals surface area contributed by atoms with Crippen LogP contribution in [0.4, 0.5) is 5.69 Å². The van der Waals surface area contributed by atoms with Gasteiger partial charge in [-0.25, -0.2) is 0 Å². The Morgan fingerprint density at radius 2 is 1.65 bits per heavy atom. The van der Waals surface area contributed by atoms with E-state index in [9.17, 15) is 0 Å². The van der Waals surface area contributed by atoms with Crippen molar-refractivity contribution < 1.29 is 0 Å². The van der Waals surface area contributed by atoms with Crippen molar-refractivity contribution in [2.24, 2.45) is 5.73 Å². The molecule has 0 radical (unpaired) electrons. The van der Waals surface area contributed by atoms with E-state index in [4.69, 9.17) is 5.73 Å². The summed E-state index contributed by atoms with van der Waals surface area (Å²) in [4.78, 5) is 6.57. The number of piperidine rings is 1. The van der Waals surface area contributed by atoms with Crippen LogP contribution < -0.4 is 10.6 Å². The molecule has 1 aliphatic heterocycles. The summed E-state index contributed by atoms with van der Waals surface area (Å²) >= 11 is 0. The van der Waals surface area contributed by atoms with E-state index in [1.54, 1.807) is 0 Å². The van der Waals surface area contributed by atoms with Gasteiger partial charge in [-0.3, -0.25) is 4.98 Å². The topological polar surface area (TPSA) is 42.1 Å². The van der Waals surface area contributed by atoms with Crippen LogP contribution in [0.25, 0.3) is 0 Å². The molecule has 0 aliphatic carbocycles. The second-order valence-electron chi connectivity index (χ2n) is 5.41. The first-order valence-electron chi connectivity index (χ1n) is 7.30. The summed E-state index contributed by atoms with van der Waals surface area (Å²) in [5.74, 6) is 0.678. The van der Waals surface area contributed by atoms with Crippen molar-refractivity contribution in [3.8, 4) is 0 Å². The second kappa shape index (κ2) is 6.06. The third-order valence-electron chi connectivity index (χ3n) is 4.21. The lowest BCUT2D eigenvalue weighted by Gasteiger charge is -2.34. The number of aromatic nitrogens is 1. The average molecular weight is 267 g/mol. The third kappa shape index (κ3) is 2.83. The van der Waals surface area contributed by atoms with Gasteiger partial charge < -0.3 is 10.6 Å². The molecule has 0 unspecified atom stereocenters. The number of nitrogens with two attached hydrogens (primary N) is 1. The van der Waals surface area contributed by atoms with Gasteiger partial charge in [0.25, 0.3) is 0 Å². The molecule has 3 heteroatoms. The summed E-state index contributed by atoms with van der Waals surface area (Å²) in [6.45, 7) is 2.86. The minimum absolute atomic E-state index is 0.615. The van der Waals surface area contributed by atoms with Crippen LogP contribution in [0, 0.1) is 0 Å². The van der Waals surface area contributed by atoms with Gasteiger partial charge in [0.05, 0.1) is 0 Å². The predicted octanol–water partition coefficient (Wildman–Crippen LogP) is 2.92. The molecule has 1 fully saturated rings. The fourth-order valence-electron chi connectivity index (χ4n) is 2.95.